The topological polar surface area (TPSA) is 30.9 Å². The van der Waals surface area contributed by atoms with Crippen LogP contribution in [-0.2, 0) is 4.74 Å². The van der Waals surface area contributed by atoms with Crippen molar-refractivity contribution in [3.8, 4) is 11.5 Å². The van der Waals surface area contributed by atoms with Crippen molar-refractivity contribution in [2.24, 2.45) is 0 Å². The molecule has 0 radical (unpaired) electrons. The Bertz CT molecular complexity index is 526. The van der Waals surface area contributed by atoms with Crippen molar-refractivity contribution in [3.05, 3.63) is 18.2 Å². The maximum absolute atomic E-state index is 6.39. The predicted octanol–water partition coefficient (Wildman–Crippen LogP) is 4.41. The minimum Gasteiger partial charge on any atom is -0.488 e. The third-order valence-corrected chi connectivity index (χ3v) is 4.55. The second-order valence-electron chi connectivity index (χ2n) is 7.82. The molecule has 0 amide bonds. The lowest BCUT2D eigenvalue weighted by Crippen LogP contribution is -2.36. The highest BCUT2D eigenvalue weighted by Crippen LogP contribution is 2.36. The fraction of sp³-hybridized carbons (Fsp3) is 0.700. The second-order valence-corrected chi connectivity index (χ2v) is 7.82. The van der Waals surface area contributed by atoms with Gasteiger partial charge in [0, 0.05) is 19.2 Å². The Kier molecular flexibility index (Phi) is 5.54. The lowest BCUT2D eigenvalue weighted by molar-refractivity contribution is 0.120. The molecule has 2 fully saturated rings. The van der Waals surface area contributed by atoms with Crippen LogP contribution in [-0.4, -0.2) is 38.0 Å². The summed E-state index contributed by atoms with van der Waals surface area (Å²) in [6, 6.07) is 6.25. The first-order valence-electron chi connectivity index (χ1n) is 9.34. The van der Waals surface area contributed by atoms with E-state index in [0.717, 1.165) is 43.5 Å². The Labute approximate surface area is 146 Å². The van der Waals surface area contributed by atoms with Crippen LogP contribution < -0.4 is 14.4 Å². The Hall–Kier alpha value is -1.42. The first-order valence-corrected chi connectivity index (χ1v) is 9.34. The normalized spacial score (nSPS) is 20.0. The smallest absolute Gasteiger partial charge is 0.143 e. The lowest BCUT2D eigenvalue weighted by Gasteiger charge is -2.33. The van der Waals surface area contributed by atoms with Gasteiger partial charge in [-0.15, -0.1) is 0 Å². The van der Waals surface area contributed by atoms with Crippen LogP contribution in [0.3, 0.4) is 0 Å². The van der Waals surface area contributed by atoms with E-state index in [1.165, 1.54) is 32.1 Å². The van der Waals surface area contributed by atoms with Crippen LogP contribution in [0.2, 0.25) is 0 Å². The van der Waals surface area contributed by atoms with Gasteiger partial charge in [0.1, 0.15) is 17.1 Å². The number of hydrogen-bond acceptors (Lipinski definition) is 4. The average molecular weight is 333 g/mol. The Morgan fingerprint density at radius 2 is 1.75 bits per heavy atom. The minimum atomic E-state index is -0.200. The highest BCUT2D eigenvalue weighted by atomic mass is 16.5. The molecule has 1 aromatic carbocycles. The van der Waals surface area contributed by atoms with Gasteiger partial charge >= 0.3 is 0 Å². The molecule has 0 aromatic heterocycles. The van der Waals surface area contributed by atoms with Crippen molar-refractivity contribution in [2.45, 2.75) is 64.6 Å². The zero-order chi connectivity index (χ0) is 17.0. The summed E-state index contributed by atoms with van der Waals surface area (Å²) in [4.78, 5) is 2.36. The summed E-state index contributed by atoms with van der Waals surface area (Å²) >= 11 is 0. The molecule has 2 aliphatic rings. The van der Waals surface area contributed by atoms with Gasteiger partial charge in [0.25, 0.3) is 0 Å². The molecule has 1 saturated heterocycles. The molecule has 4 nitrogen and oxygen atoms in total. The van der Waals surface area contributed by atoms with Crippen molar-refractivity contribution in [3.63, 3.8) is 0 Å². The second kappa shape index (κ2) is 7.64. The van der Waals surface area contributed by atoms with Crippen LogP contribution in [0.5, 0.6) is 11.5 Å². The van der Waals surface area contributed by atoms with Crippen LogP contribution in [0.4, 0.5) is 5.69 Å². The quantitative estimate of drug-likeness (QED) is 0.816. The summed E-state index contributed by atoms with van der Waals surface area (Å²) < 4.78 is 18.0. The molecule has 0 spiro atoms. The molecule has 134 valence electrons. The third-order valence-electron chi connectivity index (χ3n) is 4.55. The van der Waals surface area contributed by atoms with E-state index in [2.05, 4.69) is 37.8 Å². The summed E-state index contributed by atoms with van der Waals surface area (Å²) in [5.41, 5.74) is 0.944. The van der Waals surface area contributed by atoms with E-state index < -0.39 is 0 Å². The van der Waals surface area contributed by atoms with Gasteiger partial charge in [-0.25, -0.2) is 0 Å². The van der Waals surface area contributed by atoms with Gasteiger partial charge < -0.3 is 19.1 Å². The van der Waals surface area contributed by atoms with Crippen molar-refractivity contribution in [2.75, 3.05) is 31.2 Å². The number of benzene rings is 1. The molecular weight excluding hydrogens is 302 g/mol. The van der Waals surface area contributed by atoms with E-state index in [1.807, 2.05) is 6.07 Å². The first-order chi connectivity index (χ1) is 11.5. The highest BCUT2D eigenvalue weighted by Gasteiger charge is 2.22. The highest BCUT2D eigenvalue weighted by molar-refractivity contribution is 5.62. The predicted molar refractivity (Wildman–Crippen MR) is 97.4 cm³/mol. The van der Waals surface area contributed by atoms with Crippen LogP contribution >= 0.6 is 0 Å². The molecule has 1 heterocycles. The van der Waals surface area contributed by atoms with Crippen LogP contribution in [0.15, 0.2) is 18.2 Å². The van der Waals surface area contributed by atoms with Gasteiger partial charge in [-0.3, -0.25) is 0 Å². The van der Waals surface area contributed by atoms with Crippen molar-refractivity contribution >= 4 is 5.69 Å². The number of morpholine rings is 1. The van der Waals surface area contributed by atoms with Gasteiger partial charge in [-0.2, -0.15) is 0 Å². The third kappa shape index (κ3) is 4.79. The summed E-state index contributed by atoms with van der Waals surface area (Å²) in [6.07, 6.45) is 6.60. The Morgan fingerprint density at radius 1 is 1.04 bits per heavy atom. The van der Waals surface area contributed by atoms with Crippen LogP contribution in [0.1, 0.15) is 52.9 Å². The van der Waals surface area contributed by atoms with E-state index in [-0.39, 0.29) is 5.60 Å². The molecule has 24 heavy (non-hydrogen) atoms. The van der Waals surface area contributed by atoms with E-state index in [4.69, 9.17) is 14.2 Å². The Balaban J connectivity index is 1.82. The molecule has 4 heteroatoms. The number of ether oxygens (including phenoxy) is 3. The molecule has 0 atom stereocenters. The van der Waals surface area contributed by atoms with Gasteiger partial charge in [0.15, 0.2) is 0 Å². The zero-order valence-electron chi connectivity index (χ0n) is 15.3. The number of rotatable bonds is 4. The minimum absolute atomic E-state index is 0.200. The van der Waals surface area contributed by atoms with Gasteiger partial charge in [-0.05, 0) is 58.6 Å². The standard InChI is InChI=1S/C20H31NO3/c1-20(2,3)24-17-9-10-19(23-16-7-5-4-6-8-16)18(15-17)21-11-13-22-14-12-21/h9-10,15-16H,4-8,11-14H2,1-3H3. The molecule has 1 aliphatic heterocycles. The van der Waals surface area contributed by atoms with E-state index in [0.29, 0.717) is 6.10 Å². The number of nitrogens with zero attached hydrogens (tertiary/aromatic N) is 1. The van der Waals surface area contributed by atoms with Crippen molar-refractivity contribution < 1.29 is 14.2 Å². The molecule has 0 unspecified atom stereocenters. The van der Waals surface area contributed by atoms with Gasteiger partial charge in [-0.1, -0.05) is 6.42 Å². The summed E-state index contributed by atoms with van der Waals surface area (Å²) in [6.45, 7) is 9.58. The molecule has 1 aromatic rings. The molecule has 1 saturated carbocycles. The maximum Gasteiger partial charge on any atom is 0.143 e. The van der Waals surface area contributed by atoms with E-state index >= 15 is 0 Å². The SMILES string of the molecule is CC(C)(C)Oc1ccc(OC2CCCCC2)c(N2CCOCC2)c1. The van der Waals surface area contributed by atoms with Crippen LogP contribution in [0.25, 0.3) is 0 Å². The average Bonchev–Trinajstić information content (AvgIpc) is 2.57. The summed E-state index contributed by atoms with van der Waals surface area (Å²) in [5, 5.41) is 0. The Morgan fingerprint density at radius 3 is 2.42 bits per heavy atom. The summed E-state index contributed by atoms with van der Waals surface area (Å²) in [7, 11) is 0. The maximum atomic E-state index is 6.39. The molecule has 0 bridgehead atoms. The molecule has 3 rings (SSSR count). The molecule has 0 N–H and O–H groups in total. The zero-order valence-corrected chi connectivity index (χ0v) is 15.3. The summed E-state index contributed by atoms with van der Waals surface area (Å²) in [5.74, 6) is 1.89. The number of hydrogen-bond donors (Lipinski definition) is 0. The van der Waals surface area contributed by atoms with Gasteiger partial charge in [0.05, 0.1) is 25.0 Å². The monoisotopic (exact) mass is 333 g/mol. The lowest BCUT2D eigenvalue weighted by atomic mass is 9.98. The molecule has 1 aliphatic carbocycles. The number of anilines is 1. The van der Waals surface area contributed by atoms with E-state index in [1.54, 1.807) is 0 Å². The molecular formula is C20H31NO3. The van der Waals surface area contributed by atoms with E-state index in [9.17, 15) is 0 Å². The van der Waals surface area contributed by atoms with Gasteiger partial charge in [0.2, 0.25) is 0 Å². The fourth-order valence-electron chi connectivity index (χ4n) is 3.43. The fourth-order valence-corrected chi connectivity index (χ4v) is 3.43. The van der Waals surface area contributed by atoms with Crippen LogP contribution in [0, 0.1) is 0 Å². The van der Waals surface area contributed by atoms with Crippen molar-refractivity contribution in [1.29, 1.82) is 0 Å². The first kappa shape index (κ1) is 17.4. The van der Waals surface area contributed by atoms with Crippen molar-refractivity contribution in [1.82, 2.24) is 0 Å². The largest absolute Gasteiger partial charge is 0.488 e.